The van der Waals surface area contributed by atoms with Gasteiger partial charge in [-0.2, -0.15) is 0 Å². The van der Waals surface area contributed by atoms with Crippen LogP contribution >= 0.6 is 12.4 Å². The molecule has 0 spiro atoms. The molecule has 16 heavy (non-hydrogen) atoms. The van der Waals surface area contributed by atoms with E-state index in [-0.39, 0.29) is 19.0 Å². The molecular weight excluding hydrogens is 222 g/mol. The van der Waals surface area contributed by atoms with Gasteiger partial charge in [0.1, 0.15) is 0 Å². The fourth-order valence-corrected chi connectivity index (χ4v) is 2.41. The van der Waals surface area contributed by atoms with E-state index >= 15 is 0 Å². The normalized spacial score (nSPS) is 16.8. The van der Waals surface area contributed by atoms with Gasteiger partial charge in [-0.15, -0.1) is 12.4 Å². The van der Waals surface area contributed by atoms with Gasteiger partial charge in [-0.3, -0.25) is 0 Å². The molecule has 90 valence electrons. The number of nitrogens with one attached hydrogen (secondary N) is 1. The van der Waals surface area contributed by atoms with Gasteiger partial charge < -0.3 is 10.4 Å². The zero-order chi connectivity index (χ0) is 10.5. The number of hydrogen-bond donors (Lipinski definition) is 2. The van der Waals surface area contributed by atoms with Crippen LogP contribution in [0.3, 0.4) is 0 Å². The van der Waals surface area contributed by atoms with Gasteiger partial charge in [-0.1, -0.05) is 24.3 Å². The van der Waals surface area contributed by atoms with E-state index in [1.165, 1.54) is 24.0 Å². The number of piperidine rings is 1. The van der Waals surface area contributed by atoms with Crippen LogP contribution in [0.15, 0.2) is 24.3 Å². The summed E-state index contributed by atoms with van der Waals surface area (Å²) in [6.07, 6.45) is 3.24. The molecule has 0 bridgehead atoms. The number of rotatable bonds is 3. The zero-order valence-electron chi connectivity index (χ0n) is 9.48. The highest BCUT2D eigenvalue weighted by atomic mass is 35.5. The highest BCUT2D eigenvalue weighted by Gasteiger charge is 2.17. The lowest BCUT2D eigenvalue weighted by molar-refractivity contribution is 0.298. The average Bonchev–Trinajstić information content (AvgIpc) is 2.31. The van der Waals surface area contributed by atoms with Crippen LogP contribution < -0.4 is 5.32 Å². The predicted molar refractivity (Wildman–Crippen MR) is 69.3 cm³/mol. The van der Waals surface area contributed by atoms with Crippen molar-refractivity contribution in [2.24, 2.45) is 0 Å². The van der Waals surface area contributed by atoms with Crippen molar-refractivity contribution in [3.63, 3.8) is 0 Å². The topological polar surface area (TPSA) is 32.3 Å². The van der Waals surface area contributed by atoms with Crippen LogP contribution in [0.1, 0.15) is 29.9 Å². The minimum atomic E-state index is 0. The van der Waals surface area contributed by atoms with Gasteiger partial charge in [0.15, 0.2) is 0 Å². The second kappa shape index (κ2) is 6.89. The maximum Gasteiger partial charge on any atom is 0.0471 e. The molecule has 1 saturated heterocycles. The molecule has 3 heteroatoms. The third-order valence-corrected chi connectivity index (χ3v) is 3.22. The standard InChI is InChI=1S/C13H19NO.ClH/c15-10-7-11-3-1-2-4-13(11)12-5-8-14-9-6-12;/h1-4,12,14-15H,5-10H2;1H. The molecule has 2 N–H and O–H groups in total. The Hall–Kier alpha value is -0.570. The molecule has 0 amide bonds. The fourth-order valence-electron chi connectivity index (χ4n) is 2.41. The molecule has 1 heterocycles. The number of halogens is 1. The SMILES string of the molecule is Cl.OCCc1ccccc1C1CCNCC1. The third-order valence-electron chi connectivity index (χ3n) is 3.22. The Morgan fingerprint density at radius 3 is 2.56 bits per heavy atom. The van der Waals surface area contributed by atoms with Gasteiger partial charge in [-0.25, -0.2) is 0 Å². The van der Waals surface area contributed by atoms with Gasteiger partial charge in [-0.05, 0) is 49.4 Å². The van der Waals surface area contributed by atoms with E-state index in [4.69, 9.17) is 5.11 Å². The van der Waals surface area contributed by atoms with Crippen molar-refractivity contribution >= 4 is 12.4 Å². The minimum absolute atomic E-state index is 0. The van der Waals surface area contributed by atoms with Crippen LogP contribution in [0.25, 0.3) is 0 Å². The van der Waals surface area contributed by atoms with Crippen LogP contribution in [0, 0.1) is 0 Å². The lowest BCUT2D eigenvalue weighted by Gasteiger charge is -2.25. The highest BCUT2D eigenvalue weighted by molar-refractivity contribution is 5.85. The quantitative estimate of drug-likeness (QED) is 0.850. The number of benzene rings is 1. The monoisotopic (exact) mass is 241 g/mol. The summed E-state index contributed by atoms with van der Waals surface area (Å²) in [5, 5.41) is 12.4. The van der Waals surface area contributed by atoms with E-state index in [1.54, 1.807) is 0 Å². The fraction of sp³-hybridized carbons (Fsp3) is 0.538. The van der Waals surface area contributed by atoms with Crippen LogP contribution in [-0.2, 0) is 6.42 Å². The molecule has 0 radical (unpaired) electrons. The molecule has 2 nitrogen and oxygen atoms in total. The Morgan fingerprint density at radius 1 is 1.19 bits per heavy atom. The molecule has 0 unspecified atom stereocenters. The molecular formula is C13H20ClNO. The van der Waals surface area contributed by atoms with E-state index in [0.29, 0.717) is 5.92 Å². The Labute approximate surface area is 103 Å². The van der Waals surface area contributed by atoms with Crippen molar-refractivity contribution in [3.05, 3.63) is 35.4 Å². The van der Waals surface area contributed by atoms with Gasteiger partial charge >= 0.3 is 0 Å². The van der Waals surface area contributed by atoms with Crippen LogP contribution in [0.5, 0.6) is 0 Å². The number of hydrogen-bond acceptors (Lipinski definition) is 2. The van der Waals surface area contributed by atoms with E-state index in [2.05, 4.69) is 29.6 Å². The summed E-state index contributed by atoms with van der Waals surface area (Å²) in [5.41, 5.74) is 2.78. The molecule has 1 aliphatic rings. The summed E-state index contributed by atoms with van der Waals surface area (Å²) in [6, 6.07) is 8.54. The van der Waals surface area contributed by atoms with Crippen molar-refractivity contribution < 1.29 is 5.11 Å². The van der Waals surface area contributed by atoms with Crippen molar-refractivity contribution in [2.75, 3.05) is 19.7 Å². The molecule has 1 aromatic carbocycles. The van der Waals surface area contributed by atoms with E-state index in [9.17, 15) is 0 Å². The van der Waals surface area contributed by atoms with Crippen LogP contribution in [0.2, 0.25) is 0 Å². The summed E-state index contributed by atoms with van der Waals surface area (Å²) < 4.78 is 0. The van der Waals surface area contributed by atoms with Crippen LogP contribution in [0.4, 0.5) is 0 Å². The molecule has 0 aliphatic carbocycles. The minimum Gasteiger partial charge on any atom is -0.396 e. The summed E-state index contributed by atoms with van der Waals surface area (Å²) in [7, 11) is 0. The highest BCUT2D eigenvalue weighted by Crippen LogP contribution is 2.28. The Morgan fingerprint density at radius 2 is 1.88 bits per heavy atom. The number of aliphatic hydroxyl groups is 1. The predicted octanol–water partition coefficient (Wildman–Crippen LogP) is 2.11. The van der Waals surface area contributed by atoms with Gasteiger partial charge in [0, 0.05) is 6.61 Å². The molecule has 1 fully saturated rings. The van der Waals surface area contributed by atoms with E-state index < -0.39 is 0 Å². The Bertz CT molecular complexity index is 311. The maximum absolute atomic E-state index is 9.03. The second-order valence-corrected chi connectivity index (χ2v) is 4.20. The first kappa shape index (κ1) is 13.5. The molecule has 1 aromatic rings. The van der Waals surface area contributed by atoms with Crippen molar-refractivity contribution in [3.8, 4) is 0 Å². The van der Waals surface area contributed by atoms with Crippen molar-refractivity contribution in [2.45, 2.75) is 25.2 Å². The summed E-state index contributed by atoms with van der Waals surface area (Å²) in [5.74, 6) is 0.689. The zero-order valence-corrected chi connectivity index (χ0v) is 10.3. The van der Waals surface area contributed by atoms with Gasteiger partial charge in [0.25, 0.3) is 0 Å². The number of aliphatic hydroxyl groups excluding tert-OH is 1. The summed E-state index contributed by atoms with van der Waals surface area (Å²) >= 11 is 0. The van der Waals surface area contributed by atoms with Crippen LogP contribution in [-0.4, -0.2) is 24.8 Å². The first-order chi connectivity index (χ1) is 7.42. The first-order valence-electron chi connectivity index (χ1n) is 5.81. The Balaban J connectivity index is 0.00000128. The smallest absolute Gasteiger partial charge is 0.0471 e. The molecule has 0 atom stereocenters. The molecule has 2 rings (SSSR count). The summed E-state index contributed by atoms with van der Waals surface area (Å²) in [4.78, 5) is 0. The van der Waals surface area contributed by atoms with Gasteiger partial charge in [0.2, 0.25) is 0 Å². The van der Waals surface area contributed by atoms with Gasteiger partial charge in [0.05, 0.1) is 0 Å². The van der Waals surface area contributed by atoms with E-state index in [0.717, 1.165) is 19.5 Å². The van der Waals surface area contributed by atoms with E-state index in [1.807, 2.05) is 0 Å². The molecule has 0 aromatic heterocycles. The largest absolute Gasteiger partial charge is 0.396 e. The second-order valence-electron chi connectivity index (χ2n) is 4.20. The van der Waals surface area contributed by atoms with Crippen molar-refractivity contribution in [1.82, 2.24) is 5.32 Å². The lowest BCUT2D eigenvalue weighted by Crippen LogP contribution is -2.27. The summed E-state index contributed by atoms with van der Waals surface area (Å²) in [6.45, 7) is 2.50. The molecule has 1 aliphatic heterocycles. The lowest BCUT2D eigenvalue weighted by atomic mass is 9.86. The molecule has 0 saturated carbocycles. The third kappa shape index (κ3) is 3.21. The Kier molecular flexibility index (Phi) is 5.81. The van der Waals surface area contributed by atoms with Crippen molar-refractivity contribution in [1.29, 1.82) is 0 Å². The average molecular weight is 242 g/mol. The maximum atomic E-state index is 9.03. The first-order valence-corrected chi connectivity index (χ1v) is 5.81.